The van der Waals surface area contributed by atoms with Crippen LogP contribution < -0.4 is 5.32 Å². The Morgan fingerprint density at radius 3 is 2.76 bits per heavy atom. The number of hydrogen-bond acceptors (Lipinski definition) is 4. The fourth-order valence-corrected chi connectivity index (χ4v) is 2.32. The average molecular weight is 241 g/mol. The first kappa shape index (κ1) is 12.8. The molecule has 0 bridgehead atoms. The van der Waals surface area contributed by atoms with Crippen LogP contribution in [0.3, 0.4) is 0 Å². The van der Waals surface area contributed by atoms with E-state index in [1.54, 1.807) is 0 Å². The summed E-state index contributed by atoms with van der Waals surface area (Å²) in [6.45, 7) is 6.20. The van der Waals surface area contributed by atoms with Crippen molar-refractivity contribution >= 4 is 5.91 Å². The molecule has 5 nitrogen and oxygen atoms in total. The highest BCUT2D eigenvalue weighted by atomic mass is 16.5. The molecule has 1 N–H and O–H groups in total. The van der Waals surface area contributed by atoms with Crippen molar-refractivity contribution < 1.29 is 9.53 Å². The summed E-state index contributed by atoms with van der Waals surface area (Å²) in [6, 6.07) is 0.361. The lowest BCUT2D eigenvalue weighted by Gasteiger charge is -2.33. The molecule has 0 saturated carbocycles. The Bertz CT molecular complexity index is 246. The van der Waals surface area contributed by atoms with E-state index in [1.807, 2.05) is 4.90 Å². The zero-order valence-corrected chi connectivity index (χ0v) is 10.7. The zero-order chi connectivity index (χ0) is 12.1. The summed E-state index contributed by atoms with van der Waals surface area (Å²) in [5.74, 6) is 0.297. The van der Waals surface area contributed by atoms with Crippen molar-refractivity contribution in [2.45, 2.75) is 18.9 Å². The van der Waals surface area contributed by atoms with Gasteiger partial charge in [0.25, 0.3) is 0 Å². The number of carbonyl (C=O) groups excluding carboxylic acids is 1. The first-order valence-corrected chi connectivity index (χ1v) is 6.53. The van der Waals surface area contributed by atoms with Crippen LogP contribution in [0.15, 0.2) is 0 Å². The fourth-order valence-electron chi connectivity index (χ4n) is 2.32. The predicted octanol–water partition coefficient (Wildman–Crippen LogP) is -0.471. The number of nitrogens with zero attached hydrogens (tertiary/aromatic N) is 2. The summed E-state index contributed by atoms with van der Waals surface area (Å²) in [5.41, 5.74) is 0. The summed E-state index contributed by atoms with van der Waals surface area (Å²) in [7, 11) is 2.10. The summed E-state index contributed by atoms with van der Waals surface area (Å²) in [5, 5.41) is 3.38. The van der Waals surface area contributed by atoms with E-state index < -0.39 is 0 Å². The molecule has 2 fully saturated rings. The van der Waals surface area contributed by atoms with E-state index in [4.69, 9.17) is 4.74 Å². The Balaban J connectivity index is 1.66. The van der Waals surface area contributed by atoms with Crippen LogP contribution in [0.5, 0.6) is 0 Å². The lowest BCUT2D eigenvalue weighted by atomic mass is 10.1. The highest BCUT2D eigenvalue weighted by molar-refractivity contribution is 5.76. The van der Waals surface area contributed by atoms with Gasteiger partial charge in [-0.05, 0) is 13.5 Å². The van der Waals surface area contributed by atoms with Gasteiger partial charge in [0, 0.05) is 45.2 Å². The van der Waals surface area contributed by atoms with Gasteiger partial charge in [0.15, 0.2) is 0 Å². The van der Waals surface area contributed by atoms with E-state index in [9.17, 15) is 4.79 Å². The molecule has 0 radical (unpaired) electrons. The minimum Gasteiger partial charge on any atom is -0.379 e. The third-order valence-electron chi connectivity index (χ3n) is 3.56. The van der Waals surface area contributed by atoms with Gasteiger partial charge in [0.05, 0.1) is 13.2 Å². The molecular formula is C12H23N3O2. The summed E-state index contributed by atoms with van der Waals surface area (Å²) in [4.78, 5) is 16.2. The minimum atomic E-state index is 0.297. The topological polar surface area (TPSA) is 44.8 Å². The van der Waals surface area contributed by atoms with Crippen LogP contribution in [0.1, 0.15) is 12.8 Å². The molecule has 2 heterocycles. The number of nitrogens with one attached hydrogen (secondary N) is 1. The lowest BCUT2D eigenvalue weighted by Crippen LogP contribution is -2.48. The van der Waals surface area contributed by atoms with Gasteiger partial charge in [-0.3, -0.25) is 4.79 Å². The van der Waals surface area contributed by atoms with Crippen molar-refractivity contribution in [2.75, 3.05) is 53.0 Å². The van der Waals surface area contributed by atoms with E-state index in [0.717, 1.165) is 52.4 Å². The molecule has 1 amide bonds. The van der Waals surface area contributed by atoms with E-state index in [1.165, 1.54) is 0 Å². The summed E-state index contributed by atoms with van der Waals surface area (Å²) < 4.78 is 5.38. The van der Waals surface area contributed by atoms with Crippen molar-refractivity contribution in [3.05, 3.63) is 0 Å². The SMILES string of the molecule is CN1CCN(C(=O)CCC2COCCN2)CC1. The lowest BCUT2D eigenvalue weighted by molar-refractivity contribution is -0.133. The standard InChI is InChI=1S/C12H23N3O2/c1-14-5-7-15(8-6-14)12(16)3-2-11-10-17-9-4-13-11/h11,13H,2-10H2,1H3. The Kier molecular flexibility index (Phi) is 4.76. The number of likely N-dealkylation sites (N-methyl/N-ethyl adjacent to an activating group) is 1. The third kappa shape index (κ3) is 3.94. The number of piperazine rings is 1. The summed E-state index contributed by atoms with van der Waals surface area (Å²) >= 11 is 0. The molecule has 1 atom stereocenters. The maximum atomic E-state index is 12.0. The molecule has 0 aromatic heterocycles. The normalized spacial score (nSPS) is 27.1. The van der Waals surface area contributed by atoms with Crippen LogP contribution in [-0.4, -0.2) is 74.7 Å². The summed E-state index contributed by atoms with van der Waals surface area (Å²) in [6.07, 6.45) is 1.54. The predicted molar refractivity (Wildman–Crippen MR) is 65.9 cm³/mol. The van der Waals surface area contributed by atoms with Gasteiger partial charge in [0.1, 0.15) is 0 Å². The van der Waals surface area contributed by atoms with Crippen LogP contribution in [0.4, 0.5) is 0 Å². The van der Waals surface area contributed by atoms with E-state index >= 15 is 0 Å². The molecular weight excluding hydrogens is 218 g/mol. The highest BCUT2D eigenvalue weighted by Crippen LogP contribution is 2.07. The van der Waals surface area contributed by atoms with Gasteiger partial charge in [-0.1, -0.05) is 0 Å². The Morgan fingerprint density at radius 1 is 1.35 bits per heavy atom. The van der Waals surface area contributed by atoms with Gasteiger partial charge < -0.3 is 19.9 Å². The number of carbonyl (C=O) groups is 1. The maximum absolute atomic E-state index is 12.0. The van der Waals surface area contributed by atoms with Crippen molar-refractivity contribution in [3.8, 4) is 0 Å². The first-order chi connectivity index (χ1) is 8.25. The van der Waals surface area contributed by atoms with Gasteiger partial charge in [-0.2, -0.15) is 0 Å². The molecule has 0 aromatic carbocycles. The number of hydrogen-bond donors (Lipinski definition) is 1. The number of ether oxygens (including phenoxy) is 1. The molecule has 2 saturated heterocycles. The van der Waals surface area contributed by atoms with Crippen LogP contribution in [0.2, 0.25) is 0 Å². The zero-order valence-electron chi connectivity index (χ0n) is 10.7. The Hall–Kier alpha value is -0.650. The number of amides is 1. The molecule has 2 aliphatic heterocycles. The third-order valence-corrected chi connectivity index (χ3v) is 3.56. The molecule has 0 spiro atoms. The van der Waals surface area contributed by atoms with Crippen LogP contribution in [-0.2, 0) is 9.53 Å². The van der Waals surface area contributed by atoms with Crippen LogP contribution in [0, 0.1) is 0 Å². The number of morpholine rings is 1. The van der Waals surface area contributed by atoms with Gasteiger partial charge in [-0.15, -0.1) is 0 Å². The van der Waals surface area contributed by atoms with E-state index in [-0.39, 0.29) is 0 Å². The molecule has 5 heteroatoms. The van der Waals surface area contributed by atoms with Crippen LogP contribution in [0.25, 0.3) is 0 Å². The van der Waals surface area contributed by atoms with E-state index in [0.29, 0.717) is 18.4 Å². The quantitative estimate of drug-likeness (QED) is 0.725. The molecule has 2 rings (SSSR count). The second-order valence-corrected chi connectivity index (χ2v) is 4.95. The second kappa shape index (κ2) is 6.33. The first-order valence-electron chi connectivity index (χ1n) is 6.53. The number of rotatable bonds is 3. The fraction of sp³-hybridized carbons (Fsp3) is 0.917. The Labute approximate surface area is 103 Å². The average Bonchev–Trinajstić information content (AvgIpc) is 2.38. The molecule has 17 heavy (non-hydrogen) atoms. The van der Waals surface area contributed by atoms with Crippen molar-refractivity contribution in [3.63, 3.8) is 0 Å². The maximum Gasteiger partial charge on any atom is 0.222 e. The van der Waals surface area contributed by atoms with Gasteiger partial charge in [-0.25, -0.2) is 0 Å². The molecule has 0 aliphatic carbocycles. The van der Waals surface area contributed by atoms with Gasteiger partial charge in [0.2, 0.25) is 5.91 Å². The second-order valence-electron chi connectivity index (χ2n) is 4.95. The van der Waals surface area contributed by atoms with Gasteiger partial charge >= 0.3 is 0 Å². The smallest absolute Gasteiger partial charge is 0.222 e. The van der Waals surface area contributed by atoms with E-state index in [2.05, 4.69) is 17.3 Å². The monoisotopic (exact) mass is 241 g/mol. The van der Waals surface area contributed by atoms with Crippen LogP contribution >= 0.6 is 0 Å². The molecule has 98 valence electrons. The minimum absolute atomic E-state index is 0.297. The molecule has 0 aromatic rings. The molecule has 1 unspecified atom stereocenters. The van der Waals surface area contributed by atoms with Crippen molar-refractivity contribution in [2.24, 2.45) is 0 Å². The largest absolute Gasteiger partial charge is 0.379 e. The highest BCUT2D eigenvalue weighted by Gasteiger charge is 2.20. The van der Waals surface area contributed by atoms with Crippen molar-refractivity contribution in [1.82, 2.24) is 15.1 Å². The molecule has 2 aliphatic rings. The Morgan fingerprint density at radius 2 is 2.12 bits per heavy atom. The van der Waals surface area contributed by atoms with Crippen molar-refractivity contribution in [1.29, 1.82) is 0 Å².